The van der Waals surface area contributed by atoms with Gasteiger partial charge in [0.1, 0.15) is 5.75 Å². The Morgan fingerprint density at radius 1 is 1.24 bits per heavy atom. The van der Waals surface area contributed by atoms with E-state index >= 15 is 0 Å². The molecule has 94 valence electrons. The molecule has 0 radical (unpaired) electrons. The Morgan fingerprint density at radius 2 is 1.94 bits per heavy atom. The van der Waals surface area contributed by atoms with Gasteiger partial charge in [-0.2, -0.15) is 0 Å². The first-order valence-electron chi connectivity index (χ1n) is 6.39. The Bertz CT molecular complexity index is 370. The molecule has 0 amide bonds. The van der Waals surface area contributed by atoms with Crippen LogP contribution in [0.15, 0.2) is 18.2 Å². The van der Waals surface area contributed by atoms with E-state index in [9.17, 15) is 0 Å². The van der Waals surface area contributed by atoms with Crippen LogP contribution in [0.5, 0.6) is 5.75 Å². The molecule has 0 saturated heterocycles. The van der Waals surface area contributed by atoms with Gasteiger partial charge in [0.15, 0.2) is 0 Å². The highest BCUT2D eigenvalue weighted by molar-refractivity contribution is 5.68. The maximum atomic E-state index is 5.97. The van der Waals surface area contributed by atoms with Gasteiger partial charge < -0.3 is 15.8 Å². The molecule has 0 aromatic heterocycles. The van der Waals surface area contributed by atoms with Gasteiger partial charge >= 0.3 is 0 Å². The zero-order valence-electron chi connectivity index (χ0n) is 10.7. The molecule has 3 nitrogen and oxygen atoms in total. The number of nitrogen functional groups attached to an aromatic ring is 1. The summed E-state index contributed by atoms with van der Waals surface area (Å²) in [6.07, 6.45) is 5.08. The second-order valence-electron chi connectivity index (χ2n) is 5.05. The molecule has 1 saturated carbocycles. The van der Waals surface area contributed by atoms with Crippen LogP contribution in [-0.4, -0.2) is 13.2 Å². The Balaban J connectivity index is 2.02. The van der Waals surface area contributed by atoms with Crippen molar-refractivity contribution in [2.75, 3.05) is 18.2 Å². The molecule has 1 fully saturated rings. The number of benzene rings is 1. The van der Waals surface area contributed by atoms with Crippen LogP contribution in [0.1, 0.15) is 32.6 Å². The van der Waals surface area contributed by atoms with Gasteiger partial charge in [-0.3, -0.25) is 0 Å². The summed E-state index contributed by atoms with van der Waals surface area (Å²) >= 11 is 0. The fourth-order valence-electron chi connectivity index (χ4n) is 2.41. The zero-order valence-corrected chi connectivity index (χ0v) is 10.7. The van der Waals surface area contributed by atoms with Crippen molar-refractivity contribution in [3.8, 4) is 5.75 Å². The van der Waals surface area contributed by atoms with Crippen molar-refractivity contribution in [3.05, 3.63) is 18.2 Å². The fourth-order valence-corrected chi connectivity index (χ4v) is 2.41. The first kappa shape index (κ1) is 12.1. The number of ether oxygens (including phenoxy) is 1. The van der Waals surface area contributed by atoms with Crippen LogP contribution in [0.4, 0.5) is 11.4 Å². The Morgan fingerprint density at radius 3 is 2.59 bits per heavy atom. The zero-order chi connectivity index (χ0) is 12.3. The van der Waals surface area contributed by atoms with Crippen molar-refractivity contribution < 1.29 is 4.74 Å². The number of hydrogen-bond acceptors (Lipinski definition) is 3. The molecule has 0 bridgehead atoms. The SMILES string of the molecule is COc1ccc(N)c(NC2CCC(C)CC2)c1. The van der Waals surface area contributed by atoms with E-state index in [0.717, 1.165) is 23.0 Å². The van der Waals surface area contributed by atoms with Crippen molar-refractivity contribution in [3.63, 3.8) is 0 Å². The summed E-state index contributed by atoms with van der Waals surface area (Å²) in [6.45, 7) is 2.33. The summed E-state index contributed by atoms with van der Waals surface area (Å²) in [5.74, 6) is 1.72. The maximum Gasteiger partial charge on any atom is 0.121 e. The van der Waals surface area contributed by atoms with Gasteiger partial charge in [0, 0.05) is 12.1 Å². The lowest BCUT2D eigenvalue weighted by Crippen LogP contribution is -2.25. The molecule has 1 aromatic carbocycles. The minimum Gasteiger partial charge on any atom is -0.497 e. The minimum atomic E-state index is 0.556. The van der Waals surface area contributed by atoms with Crippen molar-refractivity contribution in [1.82, 2.24) is 0 Å². The first-order valence-corrected chi connectivity index (χ1v) is 6.39. The predicted molar refractivity (Wildman–Crippen MR) is 72.4 cm³/mol. The van der Waals surface area contributed by atoms with E-state index < -0.39 is 0 Å². The summed E-state index contributed by atoms with van der Waals surface area (Å²) in [5.41, 5.74) is 7.77. The topological polar surface area (TPSA) is 47.3 Å². The van der Waals surface area contributed by atoms with Gasteiger partial charge in [-0.25, -0.2) is 0 Å². The van der Waals surface area contributed by atoms with Crippen LogP contribution < -0.4 is 15.8 Å². The van der Waals surface area contributed by atoms with Crippen molar-refractivity contribution in [2.45, 2.75) is 38.6 Å². The predicted octanol–water partition coefficient (Wildman–Crippen LogP) is 3.27. The third-order valence-corrected chi connectivity index (χ3v) is 3.64. The van der Waals surface area contributed by atoms with Gasteiger partial charge in [0.05, 0.1) is 18.5 Å². The maximum absolute atomic E-state index is 5.97. The van der Waals surface area contributed by atoms with E-state index in [1.807, 2.05) is 18.2 Å². The number of nitrogens with one attached hydrogen (secondary N) is 1. The molecule has 17 heavy (non-hydrogen) atoms. The minimum absolute atomic E-state index is 0.556. The van der Waals surface area contributed by atoms with Crippen LogP contribution in [-0.2, 0) is 0 Å². The normalized spacial score (nSPS) is 24.4. The monoisotopic (exact) mass is 234 g/mol. The van der Waals surface area contributed by atoms with Crippen LogP contribution in [0.25, 0.3) is 0 Å². The van der Waals surface area contributed by atoms with Crippen LogP contribution >= 0.6 is 0 Å². The molecule has 0 unspecified atom stereocenters. The average molecular weight is 234 g/mol. The Kier molecular flexibility index (Phi) is 3.77. The van der Waals surface area contributed by atoms with E-state index in [1.165, 1.54) is 25.7 Å². The fraction of sp³-hybridized carbons (Fsp3) is 0.571. The molecule has 1 aliphatic carbocycles. The lowest BCUT2D eigenvalue weighted by molar-refractivity contribution is 0.361. The lowest BCUT2D eigenvalue weighted by Gasteiger charge is -2.28. The third kappa shape index (κ3) is 3.05. The third-order valence-electron chi connectivity index (χ3n) is 3.64. The second kappa shape index (κ2) is 5.30. The molecule has 1 aromatic rings. The molecule has 0 spiro atoms. The molecular weight excluding hydrogens is 212 g/mol. The van der Waals surface area contributed by atoms with Crippen LogP contribution in [0, 0.1) is 5.92 Å². The van der Waals surface area contributed by atoms with Crippen molar-refractivity contribution >= 4 is 11.4 Å². The largest absolute Gasteiger partial charge is 0.497 e. The number of methoxy groups -OCH3 is 1. The highest BCUT2D eigenvalue weighted by Crippen LogP contribution is 2.30. The second-order valence-corrected chi connectivity index (χ2v) is 5.05. The lowest BCUT2D eigenvalue weighted by atomic mass is 9.87. The van der Waals surface area contributed by atoms with Gasteiger partial charge in [-0.1, -0.05) is 6.92 Å². The summed E-state index contributed by atoms with van der Waals surface area (Å²) in [4.78, 5) is 0. The Labute approximate surface area is 103 Å². The highest BCUT2D eigenvalue weighted by Gasteiger charge is 2.18. The number of rotatable bonds is 3. The number of hydrogen-bond donors (Lipinski definition) is 2. The van der Waals surface area contributed by atoms with Crippen LogP contribution in [0.2, 0.25) is 0 Å². The highest BCUT2D eigenvalue weighted by atomic mass is 16.5. The van der Waals surface area contributed by atoms with E-state index in [2.05, 4.69) is 12.2 Å². The molecule has 3 heteroatoms. The van der Waals surface area contributed by atoms with Gasteiger partial charge in [0.2, 0.25) is 0 Å². The van der Waals surface area contributed by atoms with E-state index in [1.54, 1.807) is 7.11 Å². The summed E-state index contributed by atoms with van der Waals surface area (Å²) in [6, 6.07) is 6.32. The van der Waals surface area contributed by atoms with Crippen molar-refractivity contribution in [1.29, 1.82) is 0 Å². The molecule has 0 heterocycles. The van der Waals surface area contributed by atoms with Gasteiger partial charge in [-0.15, -0.1) is 0 Å². The van der Waals surface area contributed by atoms with Gasteiger partial charge in [-0.05, 0) is 43.7 Å². The molecule has 1 aliphatic rings. The average Bonchev–Trinajstić information content (AvgIpc) is 2.35. The van der Waals surface area contributed by atoms with E-state index in [4.69, 9.17) is 10.5 Å². The molecule has 2 rings (SSSR count). The van der Waals surface area contributed by atoms with E-state index in [0.29, 0.717) is 6.04 Å². The van der Waals surface area contributed by atoms with Gasteiger partial charge in [0.25, 0.3) is 0 Å². The molecule has 3 N–H and O–H groups in total. The first-order chi connectivity index (χ1) is 8.19. The quantitative estimate of drug-likeness (QED) is 0.789. The van der Waals surface area contributed by atoms with Crippen LogP contribution in [0.3, 0.4) is 0 Å². The summed E-state index contributed by atoms with van der Waals surface area (Å²) in [5, 5.41) is 3.54. The molecule has 0 atom stereocenters. The standard InChI is InChI=1S/C14H22N2O/c1-10-3-5-11(6-4-10)16-14-9-12(17-2)7-8-13(14)15/h7-11,16H,3-6,15H2,1-2H3. The van der Waals surface area contributed by atoms with E-state index in [-0.39, 0.29) is 0 Å². The molecule has 0 aliphatic heterocycles. The number of anilines is 2. The molecular formula is C14H22N2O. The summed E-state index contributed by atoms with van der Waals surface area (Å²) in [7, 11) is 1.68. The smallest absolute Gasteiger partial charge is 0.121 e. The summed E-state index contributed by atoms with van der Waals surface area (Å²) < 4.78 is 5.22. The number of nitrogens with two attached hydrogens (primary N) is 1. The van der Waals surface area contributed by atoms with Crippen molar-refractivity contribution in [2.24, 2.45) is 5.92 Å². The Hall–Kier alpha value is -1.38.